The second kappa shape index (κ2) is 3.53. The molecule has 0 radical (unpaired) electrons. The number of hydrogen-bond acceptors (Lipinski definition) is 5. The van der Waals surface area contributed by atoms with Crippen LogP contribution in [-0.4, -0.2) is 40.1 Å². The zero-order valence-electron chi connectivity index (χ0n) is 8.31. The molecule has 0 unspecified atom stereocenters. The molecule has 1 aromatic rings. The van der Waals surface area contributed by atoms with E-state index < -0.39 is 0 Å². The molecule has 1 aromatic heterocycles. The molecule has 0 spiro atoms. The molecule has 80 valence electrons. The van der Waals surface area contributed by atoms with E-state index in [4.69, 9.17) is 12.2 Å². The summed E-state index contributed by atoms with van der Waals surface area (Å²) in [6, 6.07) is 1.22. The number of nitrogens with one attached hydrogen (secondary N) is 2. The van der Waals surface area contributed by atoms with Crippen molar-refractivity contribution in [1.29, 1.82) is 0 Å². The van der Waals surface area contributed by atoms with Gasteiger partial charge in [0.05, 0.1) is 0 Å². The van der Waals surface area contributed by atoms with E-state index in [-0.39, 0.29) is 0 Å². The van der Waals surface area contributed by atoms with Crippen molar-refractivity contribution in [2.75, 3.05) is 18.0 Å². The lowest BCUT2D eigenvalue weighted by Gasteiger charge is -2.32. The minimum atomic E-state index is 0.505. The van der Waals surface area contributed by atoms with Gasteiger partial charge in [-0.1, -0.05) is 0 Å². The van der Waals surface area contributed by atoms with Crippen molar-refractivity contribution in [2.24, 2.45) is 0 Å². The Morgan fingerprint density at radius 3 is 2.67 bits per heavy atom. The second-order valence-electron chi connectivity index (χ2n) is 4.17. The summed E-state index contributed by atoms with van der Waals surface area (Å²) in [6.45, 7) is 2.03. The van der Waals surface area contributed by atoms with Crippen LogP contribution in [0.4, 0.5) is 5.95 Å². The Labute approximate surface area is 92.9 Å². The van der Waals surface area contributed by atoms with Gasteiger partial charge in [0.25, 0.3) is 0 Å². The van der Waals surface area contributed by atoms with Gasteiger partial charge in [-0.2, -0.15) is 0 Å². The van der Waals surface area contributed by atoms with E-state index >= 15 is 0 Å². The first-order chi connectivity index (χ1) is 7.31. The number of H-pyrrole nitrogens is 1. The Bertz CT molecular complexity index is 405. The van der Waals surface area contributed by atoms with Gasteiger partial charge in [-0.3, -0.25) is 0 Å². The molecule has 0 saturated carbocycles. The van der Waals surface area contributed by atoms with E-state index in [2.05, 4.69) is 25.2 Å². The minimum Gasteiger partial charge on any atom is -0.339 e. The van der Waals surface area contributed by atoms with E-state index in [1.807, 2.05) is 0 Å². The molecule has 2 saturated heterocycles. The predicted molar refractivity (Wildman–Crippen MR) is 59.4 cm³/mol. The molecular formula is C9H13N5S. The van der Waals surface area contributed by atoms with Crippen LogP contribution in [0.1, 0.15) is 12.8 Å². The number of fused-ring (bicyclic) bond motifs is 2. The van der Waals surface area contributed by atoms with E-state index in [0.717, 1.165) is 19.0 Å². The van der Waals surface area contributed by atoms with Crippen molar-refractivity contribution in [1.82, 2.24) is 20.3 Å². The normalized spacial score (nSPS) is 29.5. The van der Waals surface area contributed by atoms with Gasteiger partial charge in [-0.25, -0.2) is 9.97 Å². The SMILES string of the molecule is S=c1ncnc(N2C[C@H]3CC[C@@H](C2)N3)[nH]1. The topological polar surface area (TPSA) is 56.8 Å². The van der Waals surface area contributed by atoms with E-state index in [0.29, 0.717) is 16.9 Å². The number of hydrogen-bond donors (Lipinski definition) is 2. The Morgan fingerprint density at radius 1 is 1.27 bits per heavy atom. The third-order valence-electron chi connectivity index (χ3n) is 3.09. The quantitative estimate of drug-likeness (QED) is 0.678. The van der Waals surface area contributed by atoms with Crippen LogP contribution >= 0.6 is 12.2 Å². The van der Waals surface area contributed by atoms with Gasteiger partial charge >= 0.3 is 0 Å². The maximum atomic E-state index is 4.99. The maximum Gasteiger partial charge on any atom is 0.206 e. The standard InChI is InChI=1S/C9H13N5S/c15-9-11-5-10-8(13-9)14-3-6-1-2-7(4-14)12-6/h5-7,12H,1-4H2,(H,10,11,13,15)/t6-,7+. The average molecular weight is 223 g/mol. The molecule has 0 aliphatic carbocycles. The molecule has 2 atom stereocenters. The zero-order valence-corrected chi connectivity index (χ0v) is 9.13. The minimum absolute atomic E-state index is 0.505. The van der Waals surface area contributed by atoms with Gasteiger partial charge in [0, 0.05) is 25.2 Å². The van der Waals surface area contributed by atoms with Crippen LogP contribution in [-0.2, 0) is 0 Å². The van der Waals surface area contributed by atoms with Crippen LogP contribution < -0.4 is 10.2 Å². The first-order valence-corrected chi connectivity index (χ1v) is 5.64. The number of nitrogens with zero attached hydrogens (tertiary/aromatic N) is 3. The number of piperazine rings is 1. The van der Waals surface area contributed by atoms with Crippen molar-refractivity contribution in [3.8, 4) is 0 Å². The fourth-order valence-corrected chi connectivity index (χ4v) is 2.57. The highest BCUT2D eigenvalue weighted by atomic mass is 32.1. The van der Waals surface area contributed by atoms with Gasteiger partial charge in [-0.15, -0.1) is 0 Å². The highest BCUT2D eigenvalue weighted by Gasteiger charge is 2.32. The van der Waals surface area contributed by atoms with Crippen molar-refractivity contribution in [2.45, 2.75) is 24.9 Å². The smallest absolute Gasteiger partial charge is 0.206 e. The zero-order chi connectivity index (χ0) is 10.3. The summed E-state index contributed by atoms with van der Waals surface area (Å²) in [6.07, 6.45) is 4.07. The summed E-state index contributed by atoms with van der Waals surface area (Å²) >= 11 is 4.99. The van der Waals surface area contributed by atoms with Crippen molar-refractivity contribution in [3.05, 3.63) is 11.1 Å². The predicted octanol–water partition coefficient (Wildman–Crippen LogP) is 0.475. The van der Waals surface area contributed by atoms with Gasteiger partial charge in [0.15, 0.2) is 0 Å². The molecule has 3 rings (SSSR count). The van der Waals surface area contributed by atoms with Crippen LogP contribution in [0.2, 0.25) is 0 Å². The Hall–Kier alpha value is -1.01. The summed E-state index contributed by atoms with van der Waals surface area (Å²) in [5.74, 6) is 0.855. The molecule has 0 amide bonds. The summed E-state index contributed by atoms with van der Waals surface area (Å²) in [4.78, 5) is 13.4. The summed E-state index contributed by atoms with van der Waals surface area (Å²) in [5.41, 5.74) is 0. The van der Waals surface area contributed by atoms with Crippen LogP contribution in [0, 0.1) is 4.77 Å². The van der Waals surface area contributed by atoms with Gasteiger partial charge in [-0.05, 0) is 25.1 Å². The third-order valence-corrected chi connectivity index (χ3v) is 3.30. The Morgan fingerprint density at radius 2 is 2.00 bits per heavy atom. The highest BCUT2D eigenvalue weighted by Crippen LogP contribution is 2.22. The fraction of sp³-hybridized carbons (Fsp3) is 0.667. The molecule has 6 heteroatoms. The number of aromatic amines is 1. The summed E-state index contributed by atoms with van der Waals surface area (Å²) in [5, 5.41) is 3.58. The van der Waals surface area contributed by atoms with E-state index in [1.54, 1.807) is 0 Å². The fourth-order valence-electron chi connectivity index (χ4n) is 2.43. The molecule has 15 heavy (non-hydrogen) atoms. The molecule has 2 fully saturated rings. The highest BCUT2D eigenvalue weighted by molar-refractivity contribution is 7.71. The molecule has 2 aliphatic rings. The van der Waals surface area contributed by atoms with Crippen LogP contribution in [0.5, 0.6) is 0 Å². The van der Waals surface area contributed by atoms with Crippen molar-refractivity contribution < 1.29 is 0 Å². The summed E-state index contributed by atoms with van der Waals surface area (Å²) in [7, 11) is 0. The summed E-state index contributed by atoms with van der Waals surface area (Å²) < 4.78 is 0.505. The second-order valence-corrected chi connectivity index (χ2v) is 4.56. The Kier molecular flexibility index (Phi) is 2.17. The van der Waals surface area contributed by atoms with Gasteiger partial charge < -0.3 is 15.2 Å². The molecule has 2 aliphatic heterocycles. The number of aromatic nitrogens is 3. The molecule has 2 bridgehead atoms. The van der Waals surface area contributed by atoms with E-state index in [1.165, 1.54) is 19.2 Å². The molecule has 0 aromatic carbocycles. The Balaban J connectivity index is 1.86. The molecule has 2 N–H and O–H groups in total. The molecular weight excluding hydrogens is 210 g/mol. The monoisotopic (exact) mass is 223 g/mol. The van der Waals surface area contributed by atoms with Crippen LogP contribution in [0.3, 0.4) is 0 Å². The molecule has 3 heterocycles. The first-order valence-electron chi connectivity index (χ1n) is 5.23. The van der Waals surface area contributed by atoms with Crippen molar-refractivity contribution >= 4 is 18.2 Å². The lowest BCUT2D eigenvalue weighted by molar-refractivity contribution is 0.460. The molecule has 5 nitrogen and oxygen atoms in total. The maximum absolute atomic E-state index is 4.99. The van der Waals surface area contributed by atoms with Gasteiger partial charge in [0.2, 0.25) is 10.7 Å². The lowest BCUT2D eigenvalue weighted by Crippen LogP contribution is -2.51. The van der Waals surface area contributed by atoms with E-state index in [9.17, 15) is 0 Å². The van der Waals surface area contributed by atoms with Crippen LogP contribution in [0.25, 0.3) is 0 Å². The first kappa shape index (κ1) is 9.23. The largest absolute Gasteiger partial charge is 0.339 e. The van der Waals surface area contributed by atoms with Gasteiger partial charge in [0.1, 0.15) is 6.33 Å². The van der Waals surface area contributed by atoms with Crippen molar-refractivity contribution in [3.63, 3.8) is 0 Å². The third kappa shape index (κ3) is 1.74. The number of rotatable bonds is 1. The van der Waals surface area contributed by atoms with Crippen LogP contribution in [0.15, 0.2) is 6.33 Å². The lowest BCUT2D eigenvalue weighted by atomic mass is 10.2. The average Bonchev–Trinajstić information content (AvgIpc) is 2.58. The number of anilines is 1.